The summed E-state index contributed by atoms with van der Waals surface area (Å²) in [7, 11) is -2.17. The van der Waals surface area contributed by atoms with Crippen molar-refractivity contribution in [3.8, 4) is 0 Å². The van der Waals surface area contributed by atoms with Crippen LogP contribution in [0.2, 0.25) is 18.1 Å². The van der Waals surface area contributed by atoms with Gasteiger partial charge in [-0.15, -0.1) is 0 Å². The maximum absolute atomic E-state index is 10.5. The Labute approximate surface area is 158 Å². The zero-order valence-electron chi connectivity index (χ0n) is 17.0. The van der Waals surface area contributed by atoms with E-state index in [9.17, 15) is 10.2 Å². The first-order valence-corrected chi connectivity index (χ1v) is 12.2. The first-order valence-electron chi connectivity index (χ1n) is 9.25. The molecule has 0 saturated carbocycles. The van der Waals surface area contributed by atoms with Crippen molar-refractivity contribution >= 4 is 8.32 Å². The minimum atomic E-state index is -2.17. The van der Waals surface area contributed by atoms with Crippen molar-refractivity contribution in [2.24, 2.45) is 0 Å². The van der Waals surface area contributed by atoms with Gasteiger partial charge in [0.1, 0.15) is 24.4 Å². The number of hydrogen-bond donors (Lipinski definition) is 2. The number of ether oxygens (including phenoxy) is 2. The average molecular weight is 383 g/mol. The molecule has 0 unspecified atom stereocenters. The van der Waals surface area contributed by atoms with E-state index in [0.717, 1.165) is 5.56 Å². The van der Waals surface area contributed by atoms with Gasteiger partial charge in [-0.3, -0.25) is 0 Å². The summed E-state index contributed by atoms with van der Waals surface area (Å²) in [6.07, 6.45) is -2.61. The zero-order chi connectivity index (χ0) is 19.8. The standard InChI is InChI=1S/C20H34O5Si/c1-19(2,3)26(6,7)25-18-16(14-11-9-8-10-12-14)23-20(4,5)24-17(18)15(22)13-21/h8-12,15-18,21-22H,13H2,1-7H3/t15-,16+,17+,18+/m0/s1. The van der Waals surface area contributed by atoms with Crippen LogP contribution in [0.15, 0.2) is 30.3 Å². The van der Waals surface area contributed by atoms with Gasteiger partial charge < -0.3 is 24.1 Å². The van der Waals surface area contributed by atoms with Gasteiger partial charge in [-0.25, -0.2) is 0 Å². The molecule has 0 aliphatic carbocycles. The van der Waals surface area contributed by atoms with E-state index in [1.807, 2.05) is 44.2 Å². The van der Waals surface area contributed by atoms with E-state index in [2.05, 4.69) is 33.9 Å². The molecule has 4 atom stereocenters. The summed E-state index contributed by atoms with van der Waals surface area (Å²) in [6.45, 7) is 14.1. The zero-order valence-corrected chi connectivity index (χ0v) is 18.0. The third-order valence-electron chi connectivity index (χ3n) is 5.38. The normalized spacial score (nSPS) is 28.0. The van der Waals surface area contributed by atoms with Crippen molar-refractivity contribution in [2.75, 3.05) is 6.61 Å². The van der Waals surface area contributed by atoms with Crippen LogP contribution in [0.1, 0.15) is 46.3 Å². The van der Waals surface area contributed by atoms with Gasteiger partial charge in [-0.05, 0) is 37.5 Å². The molecule has 1 aliphatic heterocycles. The van der Waals surface area contributed by atoms with E-state index < -0.39 is 32.4 Å². The summed E-state index contributed by atoms with van der Waals surface area (Å²) in [4.78, 5) is 0. The molecule has 26 heavy (non-hydrogen) atoms. The Morgan fingerprint density at radius 1 is 1.15 bits per heavy atom. The maximum atomic E-state index is 10.5. The summed E-state index contributed by atoms with van der Waals surface area (Å²) in [6, 6.07) is 9.87. The maximum Gasteiger partial charge on any atom is 0.192 e. The van der Waals surface area contributed by atoms with Crippen molar-refractivity contribution in [3.05, 3.63) is 35.9 Å². The fourth-order valence-corrected chi connectivity index (χ4v) is 4.21. The molecule has 1 aromatic rings. The Bertz CT molecular complexity index is 582. The molecule has 148 valence electrons. The summed E-state index contributed by atoms with van der Waals surface area (Å²) in [5.74, 6) is -0.894. The van der Waals surface area contributed by atoms with Crippen LogP contribution in [0.5, 0.6) is 0 Å². The highest BCUT2D eigenvalue weighted by molar-refractivity contribution is 6.74. The predicted molar refractivity (Wildman–Crippen MR) is 104 cm³/mol. The number of aliphatic hydroxyl groups excluding tert-OH is 2. The third-order valence-corrected chi connectivity index (χ3v) is 9.86. The largest absolute Gasteiger partial charge is 0.408 e. The van der Waals surface area contributed by atoms with Crippen molar-refractivity contribution < 1.29 is 24.1 Å². The number of rotatable bonds is 5. The monoisotopic (exact) mass is 382 g/mol. The van der Waals surface area contributed by atoms with E-state index in [0.29, 0.717) is 0 Å². The molecule has 0 bridgehead atoms. The van der Waals surface area contributed by atoms with Crippen molar-refractivity contribution in [1.82, 2.24) is 0 Å². The van der Waals surface area contributed by atoms with E-state index in [1.165, 1.54) is 0 Å². The Kier molecular flexibility index (Phi) is 6.37. The molecule has 1 heterocycles. The topological polar surface area (TPSA) is 68.2 Å². The molecule has 1 aliphatic rings. The van der Waals surface area contributed by atoms with E-state index in [-0.39, 0.29) is 17.7 Å². The van der Waals surface area contributed by atoms with Crippen LogP contribution in [-0.4, -0.2) is 49.2 Å². The highest BCUT2D eigenvalue weighted by atomic mass is 28.4. The summed E-state index contributed by atoms with van der Waals surface area (Å²) in [5, 5.41) is 20.0. The molecule has 6 heteroatoms. The van der Waals surface area contributed by atoms with Crippen LogP contribution >= 0.6 is 0 Å². The fourth-order valence-electron chi connectivity index (χ4n) is 2.92. The van der Waals surface area contributed by atoms with Gasteiger partial charge >= 0.3 is 0 Å². The number of benzene rings is 1. The molecular weight excluding hydrogens is 348 g/mol. The molecule has 5 nitrogen and oxygen atoms in total. The second-order valence-electron chi connectivity index (χ2n) is 9.02. The van der Waals surface area contributed by atoms with Crippen LogP contribution < -0.4 is 0 Å². The van der Waals surface area contributed by atoms with Gasteiger partial charge in [0.15, 0.2) is 14.1 Å². The van der Waals surface area contributed by atoms with Crippen molar-refractivity contribution in [3.63, 3.8) is 0 Å². The highest BCUT2D eigenvalue weighted by Gasteiger charge is 2.51. The Hall–Kier alpha value is -0.763. The molecule has 0 aromatic heterocycles. The quantitative estimate of drug-likeness (QED) is 0.761. The second-order valence-corrected chi connectivity index (χ2v) is 13.8. The van der Waals surface area contributed by atoms with Gasteiger partial charge in [0.05, 0.1) is 6.61 Å². The third kappa shape index (κ3) is 4.74. The summed E-state index contributed by atoms with van der Waals surface area (Å²) < 4.78 is 18.9. The molecule has 2 rings (SSSR count). The molecule has 1 aromatic carbocycles. The Morgan fingerprint density at radius 3 is 2.23 bits per heavy atom. The van der Waals surface area contributed by atoms with E-state index in [1.54, 1.807) is 0 Å². The van der Waals surface area contributed by atoms with Crippen molar-refractivity contribution in [1.29, 1.82) is 0 Å². The number of aliphatic hydroxyl groups is 2. The van der Waals surface area contributed by atoms with Gasteiger partial charge in [0.2, 0.25) is 0 Å². The lowest BCUT2D eigenvalue weighted by molar-refractivity contribution is -0.346. The Balaban J connectivity index is 2.46. The van der Waals surface area contributed by atoms with Crippen LogP contribution in [0, 0.1) is 0 Å². The van der Waals surface area contributed by atoms with Crippen LogP contribution in [0.4, 0.5) is 0 Å². The molecule has 1 saturated heterocycles. The SMILES string of the molecule is CC1(C)O[C@H]([C@@H](O)CO)[C@H](O[Si](C)(C)C(C)(C)C)[C@@H](c2ccccc2)O1. The van der Waals surface area contributed by atoms with E-state index >= 15 is 0 Å². The average Bonchev–Trinajstić information content (AvgIpc) is 2.54. The molecule has 0 amide bonds. The minimum Gasteiger partial charge on any atom is -0.408 e. The van der Waals surface area contributed by atoms with Crippen LogP contribution in [-0.2, 0) is 13.9 Å². The fraction of sp³-hybridized carbons (Fsp3) is 0.700. The van der Waals surface area contributed by atoms with Gasteiger partial charge in [0, 0.05) is 0 Å². The summed E-state index contributed by atoms with van der Waals surface area (Å²) in [5.41, 5.74) is 0.975. The van der Waals surface area contributed by atoms with E-state index in [4.69, 9.17) is 13.9 Å². The number of hydrogen-bond acceptors (Lipinski definition) is 5. The summed E-state index contributed by atoms with van der Waals surface area (Å²) >= 11 is 0. The lowest BCUT2D eigenvalue weighted by Crippen LogP contribution is -2.60. The van der Waals surface area contributed by atoms with Gasteiger partial charge in [-0.1, -0.05) is 51.1 Å². The second kappa shape index (κ2) is 7.70. The lowest BCUT2D eigenvalue weighted by atomic mass is 9.95. The minimum absolute atomic E-state index is 0.00405. The van der Waals surface area contributed by atoms with Gasteiger partial charge in [-0.2, -0.15) is 0 Å². The van der Waals surface area contributed by atoms with Crippen molar-refractivity contribution in [2.45, 2.75) is 83.0 Å². The first kappa shape index (κ1) is 21.5. The molecule has 1 fully saturated rings. The predicted octanol–water partition coefficient (Wildman–Crippen LogP) is 3.62. The first-order chi connectivity index (χ1) is 11.9. The molecule has 0 spiro atoms. The molecular formula is C20H34O5Si. The smallest absolute Gasteiger partial charge is 0.192 e. The highest BCUT2D eigenvalue weighted by Crippen LogP contribution is 2.44. The molecule has 2 N–H and O–H groups in total. The van der Waals surface area contributed by atoms with Crippen LogP contribution in [0.25, 0.3) is 0 Å². The van der Waals surface area contributed by atoms with Gasteiger partial charge in [0.25, 0.3) is 0 Å². The lowest BCUT2D eigenvalue weighted by Gasteiger charge is -2.50. The molecule has 0 radical (unpaired) electrons. The van der Waals surface area contributed by atoms with Crippen LogP contribution in [0.3, 0.4) is 0 Å². The Morgan fingerprint density at radius 2 is 1.73 bits per heavy atom.